The van der Waals surface area contributed by atoms with Crippen LogP contribution in [0.15, 0.2) is 18.2 Å². The van der Waals surface area contributed by atoms with Gasteiger partial charge in [-0.3, -0.25) is 4.79 Å². The van der Waals surface area contributed by atoms with Crippen molar-refractivity contribution in [1.29, 1.82) is 5.26 Å². The van der Waals surface area contributed by atoms with Crippen LogP contribution in [0.1, 0.15) is 18.4 Å². The zero-order chi connectivity index (χ0) is 13.0. The molecule has 0 spiro atoms. The minimum absolute atomic E-state index is 0.0903. The molecule has 94 valence electrons. The van der Waals surface area contributed by atoms with Crippen molar-refractivity contribution in [3.8, 4) is 6.07 Å². The maximum absolute atomic E-state index is 12.9. The predicted molar refractivity (Wildman–Crippen MR) is 65.3 cm³/mol. The largest absolute Gasteiger partial charge is 0.375 e. The summed E-state index contributed by atoms with van der Waals surface area (Å²) in [5.41, 5.74) is 0.672. The molecule has 5 heteroatoms. The zero-order valence-corrected chi connectivity index (χ0v) is 9.87. The number of carbonyl (C=O) groups excluding carboxylic acids is 1. The number of amides is 1. The van der Waals surface area contributed by atoms with E-state index >= 15 is 0 Å². The van der Waals surface area contributed by atoms with Gasteiger partial charge in [0, 0.05) is 6.54 Å². The third kappa shape index (κ3) is 3.45. The van der Waals surface area contributed by atoms with Gasteiger partial charge in [-0.15, -0.1) is 0 Å². The van der Waals surface area contributed by atoms with Crippen LogP contribution in [0.25, 0.3) is 0 Å². The molecule has 1 aromatic carbocycles. The topological polar surface area (TPSA) is 64.9 Å². The summed E-state index contributed by atoms with van der Waals surface area (Å²) in [6, 6.07) is 5.75. The van der Waals surface area contributed by atoms with Crippen molar-refractivity contribution in [2.75, 3.05) is 18.4 Å². The summed E-state index contributed by atoms with van der Waals surface area (Å²) in [4.78, 5) is 11.5. The Morgan fingerprint density at radius 3 is 2.94 bits per heavy atom. The molecular weight excluding hydrogens is 233 g/mol. The van der Waals surface area contributed by atoms with Crippen LogP contribution in [-0.4, -0.2) is 19.0 Å². The Labute approximate surface area is 105 Å². The number of halogens is 1. The van der Waals surface area contributed by atoms with E-state index in [-0.39, 0.29) is 18.0 Å². The molecule has 0 saturated heterocycles. The third-order valence-corrected chi connectivity index (χ3v) is 2.83. The van der Waals surface area contributed by atoms with Gasteiger partial charge in [-0.05, 0) is 37.0 Å². The molecule has 0 unspecified atom stereocenters. The van der Waals surface area contributed by atoms with E-state index in [0.29, 0.717) is 11.6 Å². The number of carbonyl (C=O) groups is 1. The highest BCUT2D eigenvalue weighted by Crippen LogP contribution is 2.27. The standard InChI is InChI=1S/C13H14FN3O/c14-11-3-4-12(10(5-11)6-15)16-8-13(18)17-7-9-1-2-9/h3-5,9,16H,1-2,7-8H2,(H,17,18). The molecule has 0 aromatic heterocycles. The predicted octanol–water partition coefficient (Wildman–Crippen LogP) is 1.64. The molecular formula is C13H14FN3O. The number of benzene rings is 1. The number of anilines is 1. The third-order valence-electron chi connectivity index (χ3n) is 2.83. The first kappa shape index (κ1) is 12.4. The van der Waals surface area contributed by atoms with E-state index in [1.807, 2.05) is 6.07 Å². The van der Waals surface area contributed by atoms with Crippen molar-refractivity contribution in [3.63, 3.8) is 0 Å². The highest BCUT2D eigenvalue weighted by molar-refractivity contribution is 5.81. The van der Waals surface area contributed by atoms with Gasteiger partial charge in [0.15, 0.2) is 0 Å². The van der Waals surface area contributed by atoms with E-state index < -0.39 is 5.82 Å². The van der Waals surface area contributed by atoms with Gasteiger partial charge in [0.05, 0.1) is 17.8 Å². The van der Waals surface area contributed by atoms with Gasteiger partial charge in [-0.1, -0.05) is 0 Å². The van der Waals surface area contributed by atoms with Gasteiger partial charge in [0.2, 0.25) is 5.91 Å². The van der Waals surface area contributed by atoms with Gasteiger partial charge in [-0.25, -0.2) is 4.39 Å². The molecule has 2 rings (SSSR count). The first-order valence-electron chi connectivity index (χ1n) is 5.89. The van der Waals surface area contributed by atoms with Gasteiger partial charge < -0.3 is 10.6 Å². The van der Waals surface area contributed by atoms with Crippen molar-refractivity contribution in [1.82, 2.24) is 5.32 Å². The van der Waals surface area contributed by atoms with Gasteiger partial charge >= 0.3 is 0 Å². The van der Waals surface area contributed by atoms with Crippen molar-refractivity contribution < 1.29 is 9.18 Å². The summed E-state index contributed by atoms with van der Waals surface area (Å²) < 4.78 is 12.9. The molecule has 0 heterocycles. The smallest absolute Gasteiger partial charge is 0.239 e. The van der Waals surface area contributed by atoms with E-state index in [2.05, 4.69) is 10.6 Å². The Bertz CT molecular complexity index is 491. The van der Waals surface area contributed by atoms with Crippen LogP contribution >= 0.6 is 0 Å². The number of nitrogens with one attached hydrogen (secondary N) is 2. The van der Waals surface area contributed by atoms with Crippen LogP contribution in [0.3, 0.4) is 0 Å². The lowest BCUT2D eigenvalue weighted by Crippen LogP contribution is -2.31. The maximum Gasteiger partial charge on any atom is 0.239 e. The maximum atomic E-state index is 12.9. The lowest BCUT2D eigenvalue weighted by molar-refractivity contribution is -0.119. The van der Waals surface area contributed by atoms with Crippen LogP contribution in [0.4, 0.5) is 10.1 Å². The fourth-order valence-electron chi connectivity index (χ4n) is 1.58. The summed E-state index contributed by atoms with van der Waals surface area (Å²) >= 11 is 0. The summed E-state index contributed by atoms with van der Waals surface area (Å²) in [6.07, 6.45) is 2.37. The quantitative estimate of drug-likeness (QED) is 0.831. The fraction of sp³-hybridized carbons (Fsp3) is 0.385. The number of nitriles is 1. The molecule has 0 aliphatic heterocycles. The summed E-state index contributed by atoms with van der Waals surface area (Å²) in [5.74, 6) is 0.0554. The zero-order valence-electron chi connectivity index (χ0n) is 9.87. The minimum atomic E-state index is -0.463. The molecule has 0 bridgehead atoms. The van der Waals surface area contributed by atoms with E-state index in [4.69, 9.17) is 5.26 Å². The summed E-state index contributed by atoms with van der Waals surface area (Å²) in [7, 11) is 0. The normalized spacial score (nSPS) is 13.8. The van der Waals surface area contributed by atoms with Crippen LogP contribution in [0.2, 0.25) is 0 Å². The summed E-state index contributed by atoms with van der Waals surface area (Å²) in [6.45, 7) is 0.808. The molecule has 2 N–H and O–H groups in total. The van der Waals surface area contributed by atoms with Gasteiger partial charge in [-0.2, -0.15) is 5.26 Å². The molecule has 1 aliphatic rings. The Hall–Kier alpha value is -2.09. The van der Waals surface area contributed by atoms with Crippen LogP contribution in [0, 0.1) is 23.1 Å². The molecule has 1 aromatic rings. The molecule has 18 heavy (non-hydrogen) atoms. The molecule has 1 fully saturated rings. The lowest BCUT2D eigenvalue weighted by atomic mass is 10.2. The van der Waals surface area contributed by atoms with E-state index in [1.54, 1.807) is 0 Å². The number of hydrogen-bond acceptors (Lipinski definition) is 3. The highest BCUT2D eigenvalue weighted by atomic mass is 19.1. The van der Waals surface area contributed by atoms with E-state index in [9.17, 15) is 9.18 Å². The SMILES string of the molecule is N#Cc1cc(F)ccc1NCC(=O)NCC1CC1. The van der Waals surface area contributed by atoms with E-state index in [0.717, 1.165) is 12.6 Å². The fourth-order valence-corrected chi connectivity index (χ4v) is 1.58. The molecule has 1 saturated carbocycles. The second-order valence-corrected chi connectivity index (χ2v) is 4.40. The van der Waals surface area contributed by atoms with E-state index in [1.165, 1.54) is 25.0 Å². The number of rotatable bonds is 5. The second kappa shape index (κ2) is 5.50. The Morgan fingerprint density at radius 2 is 2.28 bits per heavy atom. The molecule has 4 nitrogen and oxygen atoms in total. The molecule has 0 atom stereocenters. The average Bonchev–Trinajstić information content (AvgIpc) is 3.18. The van der Waals surface area contributed by atoms with Gasteiger partial charge in [0.25, 0.3) is 0 Å². The van der Waals surface area contributed by atoms with Crippen molar-refractivity contribution >= 4 is 11.6 Å². The van der Waals surface area contributed by atoms with Crippen molar-refractivity contribution in [3.05, 3.63) is 29.6 Å². The first-order valence-corrected chi connectivity index (χ1v) is 5.89. The summed E-state index contributed by atoms with van der Waals surface area (Å²) in [5, 5.41) is 14.5. The average molecular weight is 247 g/mol. The van der Waals surface area contributed by atoms with Crippen LogP contribution in [0.5, 0.6) is 0 Å². The Morgan fingerprint density at radius 1 is 1.50 bits per heavy atom. The minimum Gasteiger partial charge on any atom is -0.375 e. The van der Waals surface area contributed by atoms with Crippen LogP contribution < -0.4 is 10.6 Å². The number of hydrogen-bond donors (Lipinski definition) is 2. The lowest BCUT2D eigenvalue weighted by Gasteiger charge is -2.08. The Balaban J connectivity index is 1.85. The monoisotopic (exact) mass is 247 g/mol. The molecule has 0 radical (unpaired) electrons. The number of nitrogens with zero attached hydrogens (tertiary/aromatic N) is 1. The van der Waals surface area contributed by atoms with Gasteiger partial charge in [0.1, 0.15) is 11.9 Å². The Kier molecular flexibility index (Phi) is 3.78. The molecule has 1 aliphatic carbocycles. The molecule has 1 amide bonds. The van der Waals surface area contributed by atoms with Crippen molar-refractivity contribution in [2.45, 2.75) is 12.8 Å². The van der Waals surface area contributed by atoms with Crippen molar-refractivity contribution in [2.24, 2.45) is 5.92 Å². The first-order chi connectivity index (χ1) is 8.69. The highest BCUT2D eigenvalue weighted by Gasteiger charge is 2.21. The van der Waals surface area contributed by atoms with Crippen LogP contribution in [-0.2, 0) is 4.79 Å². The second-order valence-electron chi connectivity index (χ2n) is 4.40.